The number of alkyl halides is 6. The maximum Gasteiger partial charge on any atom is 0.433 e. The monoisotopic (exact) mass is 347 g/mol. The molecule has 0 amide bonds. The molecule has 1 heterocycles. The first kappa shape index (κ1) is 18.0. The van der Waals surface area contributed by atoms with Crippen LogP contribution in [0.25, 0.3) is 0 Å². The Hall–Kier alpha value is -2.38. The Morgan fingerprint density at radius 3 is 2.21 bits per heavy atom. The van der Waals surface area contributed by atoms with Crippen molar-refractivity contribution in [2.45, 2.75) is 25.2 Å². The van der Waals surface area contributed by atoms with Crippen molar-refractivity contribution in [1.29, 1.82) is 0 Å². The fraction of sp³-hybridized carbons (Fsp3) is 0.250. The summed E-state index contributed by atoms with van der Waals surface area (Å²) in [4.78, 5) is 14.2. The second-order valence-electron chi connectivity index (χ2n) is 5.09. The fourth-order valence-electron chi connectivity index (χ4n) is 2.14. The van der Waals surface area contributed by atoms with Gasteiger partial charge >= 0.3 is 12.4 Å². The second-order valence-corrected chi connectivity index (χ2v) is 5.09. The lowest BCUT2D eigenvalue weighted by atomic mass is 10.0. The van der Waals surface area contributed by atoms with Crippen LogP contribution in [-0.4, -0.2) is 11.3 Å². The fourth-order valence-corrected chi connectivity index (χ4v) is 2.14. The molecular formula is C16H11F6NO. The highest BCUT2D eigenvalue weighted by atomic mass is 19.4. The molecule has 0 bridgehead atoms. The Kier molecular flexibility index (Phi) is 4.96. The summed E-state index contributed by atoms with van der Waals surface area (Å²) in [7, 11) is 0. The van der Waals surface area contributed by atoms with Crippen LogP contribution < -0.4 is 0 Å². The quantitative estimate of drug-likeness (QED) is 0.592. The molecule has 0 aliphatic heterocycles. The molecule has 0 saturated carbocycles. The molecule has 24 heavy (non-hydrogen) atoms. The van der Waals surface area contributed by atoms with Crippen LogP contribution in [0.1, 0.15) is 32.9 Å². The molecule has 0 fully saturated rings. The molecule has 0 spiro atoms. The van der Waals surface area contributed by atoms with Gasteiger partial charge in [0.25, 0.3) is 0 Å². The van der Waals surface area contributed by atoms with Crippen molar-refractivity contribution in [3.05, 3.63) is 64.5 Å². The molecule has 0 saturated heterocycles. The standard InChI is InChI=1S/C16H11F6NO/c17-15(18,19)12-7-10(6-11(8-12)9-24)4-5-13-2-1-3-14(23-13)16(20,21)22/h1-3,6-9H,4-5H2. The van der Waals surface area contributed by atoms with Crippen molar-refractivity contribution in [2.75, 3.05) is 0 Å². The first-order valence-corrected chi connectivity index (χ1v) is 6.79. The van der Waals surface area contributed by atoms with Crippen LogP contribution in [-0.2, 0) is 25.2 Å². The van der Waals surface area contributed by atoms with Gasteiger partial charge in [0.05, 0.1) is 5.56 Å². The molecule has 1 aromatic carbocycles. The van der Waals surface area contributed by atoms with Crippen molar-refractivity contribution in [2.24, 2.45) is 0 Å². The van der Waals surface area contributed by atoms with Crippen LogP contribution >= 0.6 is 0 Å². The van der Waals surface area contributed by atoms with Crippen LogP contribution in [0, 0.1) is 0 Å². The number of carbonyl (C=O) groups excluding carboxylic acids is 1. The Labute approximate surface area is 133 Å². The first-order chi connectivity index (χ1) is 11.1. The number of carbonyl (C=O) groups is 1. The van der Waals surface area contributed by atoms with Crippen molar-refractivity contribution < 1.29 is 31.1 Å². The second kappa shape index (κ2) is 6.62. The first-order valence-electron chi connectivity index (χ1n) is 6.79. The van der Waals surface area contributed by atoms with E-state index in [1.165, 1.54) is 18.2 Å². The zero-order valence-corrected chi connectivity index (χ0v) is 12.1. The molecule has 0 unspecified atom stereocenters. The predicted molar refractivity (Wildman–Crippen MR) is 73.5 cm³/mol. The number of benzene rings is 1. The minimum atomic E-state index is -4.61. The van der Waals surface area contributed by atoms with Crippen molar-refractivity contribution >= 4 is 6.29 Å². The Balaban J connectivity index is 2.22. The summed E-state index contributed by atoms with van der Waals surface area (Å²) in [5, 5.41) is 0. The van der Waals surface area contributed by atoms with Gasteiger partial charge in [0.1, 0.15) is 12.0 Å². The summed E-state index contributed by atoms with van der Waals surface area (Å²) < 4.78 is 76.1. The van der Waals surface area contributed by atoms with Gasteiger partial charge < -0.3 is 0 Å². The van der Waals surface area contributed by atoms with Gasteiger partial charge in [0, 0.05) is 11.3 Å². The lowest BCUT2D eigenvalue weighted by Crippen LogP contribution is -2.10. The molecule has 0 aliphatic carbocycles. The summed E-state index contributed by atoms with van der Waals surface area (Å²) in [6, 6.07) is 6.24. The average Bonchev–Trinajstić information content (AvgIpc) is 2.51. The van der Waals surface area contributed by atoms with Crippen molar-refractivity contribution in [1.82, 2.24) is 4.98 Å². The maximum absolute atomic E-state index is 12.8. The van der Waals surface area contributed by atoms with Crippen LogP contribution in [0.3, 0.4) is 0 Å². The number of pyridine rings is 1. The number of hydrogen-bond acceptors (Lipinski definition) is 2. The van der Waals surface area contributed by atoms with E-state index in [1.54, 1.807) is 0 Å². The largest absolute Gasteiger partial charge is 0.433 e. The number of nitrogens with zero attached hydrogens (tertiary/aromatic N) is 1. The molecule has 0 radical (unpaired) electrons. The van der Waals surface area contributed by atoms with E-state index in [1.807, 2.05) is 0 Å². The van der Waals surface area contributed by atoms with Gasteiger partial charge in [-0.1, -0.05) is 6.07 Å². The summed E-state index contributed by atoms with van der Waals surface area (Å²) in [5.41, 5.74) is -1.87. The third-order valence-corrected chi connectivity index (χ3v) is 3.25. The summed E-state index contributed by atoms with van der Waals surface area (Å²) in [5.74, 6) is 0. The molecule has 2 rings (SSSR count). The highest BCUT2D eigenvalue weighted by Gasteiger charge is 2.32. The van der Waals surface area contributed by atoms with E-state index >= 15 is 0 Å². The minimum Gasteiger partial charge on any atom is -0.298 e. The van der Waals surface area contributed by atoms with E-state index in [0.29, 0.717) is 6.29 Å². The van der Waals surface area contributed by atoms with Gasteiger partial charge in [0.2, 0.25) is 0 Å². The Morgan fingerprint density at radius 1 is 0.917 bits per heavy atom. The van der Waals surface area contributed by atoms with Crippen LogP contribution in [0.4, 0.5) is 26.3 Å². The predicted octanol–water partition coefficient (Wildman–Crippen LogP) is 4.72. The Morgan fingerprint density at radius 2 is 1.62 bits per heavy atom. The zero-order chi connectivity index (χ0) is 18.0. The van der Waals surface area contributed by atoms with Crippen LogP contribution in [0.2, 0.25) is 0 Å². The third kappa shape index (κ3) is 4.56. The summed E-state index contributed by atoms with van der Waals surface area (Å²) >= 11 is 0. The zero-order valence-electron chi connectivity index (χ0n) is 12.1. The molecule has 2 aromatic rings. The van der Waals surface area contributed by atoms with Gasteiger partial charge in [-0.15, -0.1) is 0 Å². The topological polar surface area (TPSA) is 30.0 Å². The molecule has 2 nitrogen and oxygen atoms in total. The molecule has 8 heteroatoms. The van der Waals surface area contributed by atoms with Gasteiger partial charge in [-0.25, -0.2) is 4.98 Å². The Bertz CT molecular complexity index is 736. The van der Waals surface area contributed by atoms with E-state index in [9.17, 15) is 31.1 Å². The lowest BCUT2D eigenvalue weighted by molar-refractivity contribution is -0.141. The lowest BCUT2D eigenvalue weighted by Gasteiger charge is -2.11. The van der Waals surface area contributed by atoms with Crippen molar-refractivity contribution in [3.63, 3.8) is 0 Å². The summed E-state index contributed by atoms with van der Waals surface area (Å²) in [6.07, 6.45) is -8.86. The van der Waals surface area contributed by atoms with Crippen LogP contribution in [0.5, 0.6) is 0 Å². The van der Waals surface area contributed by atoms with E-state index in [0.717, 1.165) is 18.2 Å². The third-order valence-electron chi connectivity index (χ3n) is 3.25. The molecule has 0 N–H and O–H groups in total. The van der Waals surface area contributed by atoms with Gasteiger partial charge in [-0.05, 0) is 48.7 Å². The molecule has 1 aromatic heterocycles. The van der Waals surface area contributed by atoms with E-state index < -0.39 is 23.6 Å². The van der Waals surface area contributed by atoms with E-state index in [2.05, 4.69) is 4.98 Å². The summed E-state index contributed by atoms with van der Waals surface area (Å²) in [6.45, 7) is 0. The highest BCUT2D eigenvalue weighted by Crippen LogP contribution is 2.31. The number of aldehydes is 1. The maximum atomic E-state index is 12.8. The molecule has 128 valence electrons. The number of rotatable bonds is 4. The van der Waals surface area contributed by atoms with Crippen molar-refractivity contribution in [3.8, 4) is 0 Å². The smallest absolute Gasteiger partial charge is 0.298 e. The highest BCUT2D eigenvalue weighted by molar-refractivity contribution is 5.75. The molecular weight excluding hydrogens is 336 g/mol. The van der Waals surface area contributed by atoms with Gasteiger partial charge in [-0.2, -0.15) is 26.3 Å². The number of halogens is 6. The average molecular weight is 347 g/mol. The van der Waals surface area contributed by atoms with Gasteiger partial charge in [-0.3, -0.25) is 4.79 Å². The SMILES string of the molecule is O=Cc1cc(CCc2cccc(C(F)(F)F)n2)cc(C(F)(F)F)c1. The molecule has 0 atom stereocenters. The number of aryl methyl sites for hydroxylation is 2. The normalized spacial score (nSPS) is 12.2. The van der Waals surface area contributed by atoms with Crippen LogP contribution in [0.15, 0.2) is 36.4 Å². The molecule has 0 aliphatic rings. The van der Waals surface area contributed by atoms with Gasteiger partial charge in [0.15, 0.2) is 0 Å². The van der Waals surface area contributed by atoms with E-state index in [4.69, 9.17) is 0 Å². The van der Waals surface area contributed by atoms with E-state index in [-0.39, 0.29) is 29.7 Å². The number of hydrogen-bond donors (Lipinski definition) is 0. The number of aromatic nitrogens is 1. The minimum absolute atomic E-state index is 0.0174.